The van der Waals surface area contributed by atoms with Crippen molar-refractivity contribution in [3.63, 3.8) is 0 Å². The molecule has 0 aromatic carbocycles. The second-order valence-corrected chi connectivity index (χ2v) is 9.00. The number of piperidine rings is 1. The molecular formula is C11H17Cl3N2O2S2. The molecule has 1 saturated heterocycles. The van der Waals surface area contributed by atoms with Crippen LogP contribution in [0.1, 0.15) is 19.8 Å². The number of hydrogen-bond donors (Lipinski definition) is 1. The molecule has 1 aliphatic heterocycles. The highest BCUT2D eigenvalue weighted by Crippen LogP contribution is 2.36. The summed E-state index contributed by atoms with van der Waals surface area (Å²) in [7, 11) is -3.57. The molecule has 1 aromatic heterocycles. The maximum Gasteiger partial charge on any atom is 0.245 e. The third-order valence-corrected chi connectivity index (χ3v) is 7.03. The number of hydrogen-bond acceptors (Lipinski definition) is 4. The summed E-state index contributed by atoms with van der Waals surface area (Å²) in [5.74, 6) is 0.191. The first-order valence-electron chi connectivity index (χ1n) is 6.03. The molecule has 20 heavy (non-hydrogen) atoms. The lowest BCUT2D eigenvalue weighted by Crippen LogP contribution is -2.44. The topological polar surface area (TPSA) is 63.4 Å². The maximum absolute atomic E-state index is 12.5. The van der Waals surface area contributed by atoms with Gasteiger partial charge in [-0.05, 0) is 31.7 Å². The van der Waals surface area contributed by atoms with Crippen molar-refractivity contribution in [1.82, 2.24) is 4.31 Å². The second kappa shape index (κ2) is 7.13. The fourth-order valence-electron chi connectivity index (χ4n) is 2.26. The predicted molar refractivity (Wildman–Crippen MR) is 86.7 cm³/mol. The Kier molecular flexibility index (Phi) is 6.59. The van der Waals surface area contributed by atoms with E-state index < -0.39 is 10.0 Å². The van der Waals surface area contributed by atoms with E-state index in [1.165, 1.54) is 10.4 Å². The predicted octanol–water partition coefficient (Wildman–Crippen LogP) is 3.22. The van der Waals surface area contributed by atoms with E-state index in [2.05, 4.69) is 0 Å². The van der Waals surface area contributed by atoms with Crippen LogP contribution in [0.25, 0.3) is 0 Å². The van der Waals surface area contributed by atoms with Crippen LogP contribution in [0.4, 0.5) is 0 Å². The minimum absolute atomic E-state index is 0. The van der Waals surface area contributed by atoms with Crippen LogP contribution in [0, 0.1) is 5.92 Å². The van der Waals surface area contributed by atoms with Crippen molar-refractivity contribution in [3.05, 3.63) is 14.7 Å². The zero-order chi connectivity index (χ0) is 14.2. The van der Waals surface area contributed by atoms with Gasteiger partial charge in [0.15, 0.2) is 0 Å². The van der Waals surface area contributed by atoms with Crippen LogP contribution < -0.4 is 5.73 Å². The Labute approximate surface area is 139 Å². The van der Waals surface area contributed by atoms with Crippen molar-refractivity contribution in [2.24, 2.45) is 11.7 Å². The van der Waals surface area contributed by atoms with Crippen molar-refractivity contribution in [2.75, 3.05) is 13.1 Å². The molecule has 2 unspecified atom stereocenters. The van der Waals surface area contributed by atoms with Gasteiger partial charge >= 0.3 is 0 Å². The molecule has 2 atom stereocenters. The van der Waals surface area contributed by atoms with E-state index in [0.717, 1.165) is 24.2 Å². The van der Waals surface area contributed by atoms with Crippen molar-refractivity contribution < 1.29 is 8.42 Å². The van der Waals surface area contributed by atoms with E-state index in [1.54, 1.807) is 0 Å². The molecule has 9 heteroatoms. The Bertz CT molecular complexity index is 560. The minimum Gasteiger partial charge on any atom is -0.328 e. The number of rotatable bonds is 3. The van der Waals surface area contributed by atoms with Gasteiger partial charge < -0.3 is 5.73 Å². The van der Waals surface area contributed by atoms with E-state index in [1.807, 2.05) is 6.92 Å². The molecular weight excluding hydrogens is 363 g/mol. The zero-order valence-corrected chi connectivity index (χ0v) is 14.8. The first kappa shape index (κ1) is 18.5. The molecule has 4 nitrogen and oxygen atoms in total. The number of sulfonamides is 1. The highest BCUT2D eigenvalue weighted by molar-refractivity contribution is 7.89. The Balaban J connectivity index is 0.00000200. The van der Waals surface area contributed by atoms with Gasteiger partial charge in [0.1, 0.15) is 9.23 Å². The molecule has 0 aliphatic carbocycles. The average Bonchev–Trinajstić information content (AvgIpc) is 2.69. The summed E-state index contributed by atoms with van der Waals surface area (Å²) >= 11 is 12.8. The Morgan fingerprint density at radius 2 is 2.15 bits per heavy atom. The van der Waals surface area contributed by atoms with Gasteiger partial charge in [-0.1, -0.05) is 23.2 Å². The quantitative estimate of drug-likeness (QED) is 0.877. The SMILES string of the molecule is CC(N)C1CCCN(S(=O)(=O)c2cc(Cl)sc2Cl)C1.Cl. The van der Waals surface area contributed by atoms with E-state index in [4.69, 9.17) is 28.9 Å². The van der Waals surface area contributed by atoms with Gasteiger partial charge in [0.05, 0.1) is 4.34 Å². The molecule has 0 radical (unpaired) electrons. The fraction of sp³-hybridized carbons (Fsp3) is 0.636. The van der Waals surface area contributed by atoms with Crippen LogP contribution in [-0.4, -0.2) is 31.9 Å². The summed E-state index contributed by atoms with van der Waals surface area (Å²) in [5, 5.41) is 0. The minimum atomic E-state index is -3.57. The van der Waals surface area contributed by atoms with Gasteiger partial charge in [-0.25, -0.2) is 8.42 Å². The summed E-state index contributed by atoms with van der Waals surface area (Å²) < 4.78 is 27.1. The van der Waals surface area contributed by atoms with E-state index in [0.29, 0.717) is 17.4 Å². The first-order chi connectivity index (χ1) is 8.82. The third kappa shape index (κ3) is 3.80. The lowest BCUT2D eigenvalue weighted by Gasteiger charge is -2.33. The highest BCUT2D eigenvalue weighted by atomic mass is 35.5. The maximum atomic E-state index is 12.5. The van der Waals surface area contributed by atoms with Gasteiger partial charge in [0.2, 0.25) is 10.0 Å². The van der Waals surface area contributed by atoms with E-state index in [-0.39, 0.29) is 33.6 Å². The molecule has 1 aromatic rings. The van der Waals surface area contributed by atoms with Crippen LogP contribution in [-0.2, 0) is 10.0 Å². The normalized spacial score (nSPS) is 22.3. The summed E-state index contributed by atoms with van der Waals surface area (Å²) in [6.07, 6.45) is 1.78. The van der Waals surface area contributed by atoms with Crippen molar-refractivity contribution in [2.45, 2.75) is 30.7 Å². The van der Waals surface area contributed by atoms with Gasteiger partial charge in [0, 0.05) is 19.1 Å². The van der Waals surface area contributed by atoms with Crippen LogP contribution in [0.5, 0.6) is 0 Å². The highest BCUT2D eigenvalue weighted by Gasteiger charge is 2.33. The number of halogens is 3. The molecule has 2 N–H and O–H groups in total. The lowest BCUT2D eigenvalue weighted by atomic mass is 9.93. The first-order valence-corrected chi connectivity index (χ1v) is 9.04. The van der Waals surface area contributed by atoms with E-state index >= 15 is 0 Å². The fourth-order valence-corrected chi connectivity index (χ4v) is 5.91. The summed E-state index contributed by atoms with van der Waals surface area (Å²) in [6.45, 7) is 2.87. The van der Waals surface area contributed by atoms with Gasteiger partial charge in [-0.3, -0.25) is 0 Å². The number of thiophene rings is 1. The summed E-state index contributed by atoms with van der Waals surface area (Å²) in [5.41, 5.74) is 5.88. The number of nitrogens with two attached hydrogens (primary N) is 1. The molecule has 0 amide bonds. The number of nitrogens with zero attached hydrogens (tertiary/aromatic N) is 1. The smallest absolute Gasteiger partial charge is 0.245 e. The molecule has 1 fully saturated rings. The molecule has 0 spiro atoms. The summed E-state index contributed by atoms with van der Waals surface area (Å²) in [4.78, 5) is 0.106. The molecule has 1 aliphatic rings. The third-order valence-electron chi connectivity index (χ3n) is 3.41. The largest absolute Gasteiger partial charge is 0.328 e. The van der Waals surface area contributed by atoms with Gasteiger partial charge in [-0.15, -0.1) is 23.7 Å². The Morgan fingerprint density at radius 1 is 1.50 bits per heavy atom. The molecule has 0 saturated carbocycles. The van der Waals surface area contributed by atoms with Gasteiger partial charge in [-0.2, -0.15) is 4.31 Å². The van der Waals surface area contributed by atoms with Crippen LogP contribution in [0.15, 0.2) is 11.0 Å². The van der Waals surface area contributed by atoms with Gasteiger partial charge in [0.25, 0.3) is 0 Å². The van der Waals surface area contributed by atoms with Crippen molar-refractivity contribution in [1.29, 1.82) is 0 Å². The van der Waals surface area contributed by atoms with Crippen molar-refractivity contribution >= 4 is 57.0 Å². The standard InChI is InChI=1S/C11H16Cl2N2O2S2.ClH/c1-7(14)8-3-2-4-15(6-8)19(16,17)9-5-10(12)18-11(9)13;/h5,7-8H,2-4,6,14H2,1H3;1H. The van der Waals surface area contributed by atoms with E-state index in [9.17, 15) is 8.42 Å². The monoisotopic (exact) mass is 378 g/mol. The van der Waals surface area contributed by atoms with Crippen molar-refractivity contribution in [3.8, 4) is 0 Å². The molecule has 116 valence electrons. The van der Waals surface area contributed by atoms with Crippen LogP contribution in [0.3, 0.4) is 0 Å². The lowest BCUT2D eigenvalue weighted by molar-refractivity contribution is 0.243. The zero-order valence-electron chi connectivity index (χ0n) is 10.9. The molecule has 2 rings (SSSR count). The Morgan fingerprint density at radius 3 is 2.65 bits per heavy atom. The van der Waals surface area contributed by atoms with Crippen LogP contribution >= 0.6 is 46.9 Å². The second-order valence-electron chi connectivity index (χ2n) is 4.81. The molecule has 2 heterocycles. The summed E-state index contributed by atoms with van der Waals surface area (Å²) in [6, 6.07) is 1.40. The Hall–Kier alpha value is 0.440. The molecule has 0 bridgehead atoms. The van der Waals surface area contributed by atoms with Crippen LogP contribution in [0.2, 0.25) is 8.67 Å². The average molecular weight is 380 g/mol.